The highest BCUT2D eigenvalue weighted by molar-refractivity contribution is 5.98. The number of ether oxygens (including phenoxy) is 2. The van der Waals surface area contributed by atoms with Crippen LogP contribution < -0.4 is 11.1 Å². The van der Waals surface area contributed by atoms with Crippen molar-refractivity contribution in [2.24, 2.45) is 0 Å². The lowest BCUT2D eigenvalue weighted by Gasteiger charge is -2.22. The van der Waals surface area contributed by atoms with E-state index in [1.807, 2.05) is 6.07 Å². The number of anilines is 2. The first-order valence-electron chi connectivity index (χ1n) is 6.43. The lowest BCUT2D eigenvalue weighted by molar-refractivity contribution is 0.0602. The average Bonchev–Trinajstić information content (AvgIpc) is 2.87. The Morgan fingerprint density at radius 3 is 2.84 bits per heavy atom. The van der Waals surface area contributed by atoms with E-state index in [-0.39, 0.29) is 12.1 Å². The minimum absolute atomic E-state index is 0.196. The normalized spacial score (nSPS) is 22.2. The summed E-state index contributed by atoms with van der Waals surface area (Å²) in [5, 5.41) is 3.37. The molecule has 0 radical (unpaired) electrons. The Labute approximate surface area is 113 Å². The Bertz CT molecular complexity index is 462. The summed E-state index contributed by atoms with van der Waals surface area (Å²) in [6.45, 7) is 0. The van der Waals surface area contributed by atoms with Crippen LogP contribution in [-0.2, 0) is 9.47 Å². The van der Waals surface area contributed by atoms with Crippen molar-refractivity contribution in [1.29, 1.82) is 0 Å². The van der Waals surface area contributed by atoms with Gasteiger partial charge in [-0.25, -0.2) is 4.79 Å². The number of nitrogen functional groups attached to an aromatic ring is 1. The molecule has 1 fully saturated rings. The van der Waals surface area contributed by atoms with Gasteiger partial charge in [-0.1, -0.05) is 6.07 Å². The Morgan fingerprint density at radius 1 is 1.37 bits per heavy atom. The van der Waals surface area contributed by atoms with Crippen LogP contribution in [0.25, 0.3) is 0 Å². The molecule has 1 saturated carbocycles. The van der Waals surface area contributed by atoms with Crippen LogP contribution >= 0.6 is 0 Å². The van der Waals surface area contributed by atoms with Crippen molar-refractivity contribution in [2.75, 3.05) is 25.3 Å². The fourth-order valence-electron chi connectivity index (χ4n) is 2.55. The third-order valence-corrected chi connectivity index (χ3v) is 3.61. The second-order valence-electron chi connectivity index (χ2n) is 4.71. The van der Waals surface area contributed by atoms with Crippen LogP contribution in [0.4, 0.5) is 11.4 Å². The van der Waals surface area contributed by atoms with Crippen molar-refractivity contribution in [2.45, 2.75) is 31.4 Å². The van der Waals surface area contributed by atoms with Gasteiger partial charge in [0.2, 0.25) is 0 Å². The summed E-state index contributed by atoms with van der Waals surface area (Å²) in [6.07, 6.45) is 3.42. The van der Waals surface area contributed by atoms with Gasteiger partial charge in [0, 0.05) is 7.11 Å². The summed E-state index contributed by atoms with van der Waals surface area (Å²) < 4.78 is 10.2. The zero-order valence-electron chi connectivity index (χ0n) is 11.3. The van der Waals surface area contributed by atoms with Crippen LogP contribution in [0, 0.1) is 0 Å². The molecule has 104 valence electrons. The summed E-state index contributed by atoms with van der Waals surface area (Å²) in [5.74, 6) is -0.420. The van der Waals surface area contributed by atoms with Gasteiger partial charge >= 0.3 is 5.97 Å². The van der Waals surface area contributed by atoms with E-state index < -0.39 is 5.97 Å². The number of benzene rings is 1. The van der Waals surface area contributed by atoms with E-state index in [1.165, 1.54) is 7.11 Å². The van der Waals surface area contributed by atoms with Gasteiger partial charge in [-0.3, -0.25) is 0 Å². The van der Waals surface area contributed by atoms with Crippen molar-refractivity contribution < 1.29 is 14.3 Å². The topological polar surface area (TPSA) is 73.6 Å². The number of methoxy groups -OCH3 is 2. The molecular weight excluding hydrogens is 244 g/mol. The van der Waals surface area contributed by atoms with Crippen molar-refractivity contribution in [3.05, 3.63) is 23.8 Å². The zero-order valence-corrected chi connectivity index (χ0v) is 11.3. The highest BCUT2D eigenvalue weighted by Gasteiger charge is 2.27. The molecular formula is C14H20N2O3. The molecule has 0 amide bonds. The molecule has 0 heterocycles. The molecule has 3 N–H and O–H groups in total. The molecule has 2 rings (SSSR count). The number of para-hydroxylation sites is 1. The number of hydrogen-bond donors (Lipinski definition) is 2. The molecule has 5 nitrogen and oxygen atoms in total. The van der Waals surface area contributed by atoms with Crippen molar-refractivity contribution in [3.8, 4) is 0 Å². The maximum absolute atomic E-state index is 11.6. The van der Waals surface area contributed by atoms with Gasteiger partial charge < -0.3 is 20.5 Å². The minimum Gasteiger partial charge on any atom is -0.465 e. The van der Waals surface area contributed by atoms with E-state index in [1.54, 1.807) is 19.2 Å². The molecule has 5 heteroatoms. The van der Waals surface area contributed by atoms with Gasteiger partial charge in [0.15, 0.2) is 0 Å². The Morgan fingerprint density at radius 2 is 2.16 bits per heavy atom. The van der Waals surface area contributed by atoms with E-state index in [9.17, 15) is 4.79 Å². The summed E-state index contributed by atoms with van der Waals surface area (Å²) in [5.41, 5.74) is 7.60. The predicted octanol–water partition coefficient (Wildman–Crippen LogP) is 2.03. The third-order valence-electron chi connectivity index (χ3n) is 3.61. The summed E-state index contributed by atoms with van der Waals surface area (Å²) in [4.78, 5) is 11.6. The second-order valence-corrected chi connectivity index (χ2v) is 4.71. The molecule has 1 aromatic rings. The van der Waals surface area contributed by atoms with Gasteiger partial charge in [-0.2, -0.15) is 0 Å². The molecule has 1 aliphatic carbocycles. The molecule has 0 spiro atoms. The molecule has 2 unspecified atom stereocenters. The molecule has 0 bridgehead atoms. The fraction of sp³-hybridized carbons (Fsp3) is 0.500. The number of hydrogen-bond acceptors (Lipinski definition) is 5. The van der Waals surface area contributed by atoms with E-state index >= 15 is 0 Å². The summed E-state index contributed by atoms with van der Waals surface area (Å²) >= 11 is 0. The van der Waals surface area contributed by atoms with Gasteiger partial charge in [0.25, 0.3) is 0 Å². The number of carbonyl (C=O) groups excluding carboxylic acids is 1. The molecule has 0 saturated heterocycles. The molecule has 0 aliphatic heterocycles. The minimum atomic E-state index is -0.420. The predicted molar refractivity (Wildman–Crippen MR) is 74.3 cm³/mol. The van der Waals surface area contributed by atoms with Crippen LogP contribution in [0.5, 0.6) is 0 Å². The van der Waals surface area contributed by atoms with Crippen LogP contribution in [0.2, 0.25) is 0 Å². The lowest BCUT2D eigenvalue weighted by Crippen LogP contribution is -2.30. The zero-order chi connectivity index (χ0) is 13.8. The Hall–Kier alpha value is -1.75. The summed E-state index contributed by atoms with van der Waals surface area (Å²) in [6, 6.07) is 5.56. The third kappa shape index (κ3) is 2.81. The van der Waals surface area contributed by atoms with Crippen molar-refractivity contribution in [1.82, 2.24) is 0 Å². The van der Waals surface area contributed by atoms with Crippen molar-refractivity contribution in [3.63, 3.8) is 0 Å². The largest absolute Gasteiger partial charge is 0.465 e. The highest BCUT2D eigenvalue weighted by atomic mass is 16.5. The second kappa shape index (κ2) is 5.93. The van der Waals surface area contributed by atoms with E-state index in [0.29, 0.717) is 11.3 Å². The Kier molecular flexibility index (Phi) is 4.27. The molecule has 1 aliphatic rings. The molecule has 1 aromatic carbocycles. The van der Waals surface area contributed by atoms with Crippen molar-refractivity contribution >= 4 is 17.3 Å². The lowest BCUT2D eigenvalue weighted by atomic mass is 10.1. The van der Waals surface area contributed by atoms with Gasteiger partial charge in [0.05, 0.1) is 36.2 Å². The number of esters is 1. The molecule has 19 heavy (non-hydrogen) atoms. The number of nitrogens with two attached hydrogens (primary N) is 1. The van der Waals surface area contributed by atoms with E-state index in [0.717, 1.165) is 24.9 Å². The average molecular weight is 264 g/mol. The maximum atomic E-state index is 11.6. The molecule has 2 atom stereocenters. The first-order chi connectivity index (χ1) is 9.17. The first kappa shape index (κ1) is 13.7. The van der Waals surface area contributed by atoms with Crippen LogP contribution in [-0.4, -0.2) is 32.3 Å². The number of carbonyl (C=O) groups is 1. The monoisotopic (exact) mass is 264 g/mol. The standard InChI is InChI=1S/C14H20N2O3/c1-18-12-8-4-6-10(12)16-11-7-3-5-9(13(11)15)14(17)19-2/h3,5,7,10,12,16H,4,6,8,15H2,1-2H3. The van der Waals surface area contributed by atoms with E-state index in [2.05, 4.69) is 5.32 Å². The van der Waals surface area contributed by atoms with Gasteiger partial charge in [0.1, 0.15) is 0 Å². The highest BCUT2D eigenvalue weighted by Crippen LogP contribution is 2.29. The SMILES string of the molecule is COC(=O)c1cccc(NC2CCCC2OC)c1N. The smallest absolute Gasteiger partial charge is 0.340 e. The van der Waals surface area contributed by atoms with Crippen LogP contribution in [0.15, 0.2) is 18.2 Å². The fourth-order valence-corrected chi connectivity index (χ4v) is 2.55. The number of nitrogens with one attached hydrogen (secondary N) is 1. The van der Waals surface area contributed by atoms with Crippen LogP contribution in [0.1, 0.15) is 29.6 Å². The first-order valence-corrected chi connectivity index (χ1v) is 6.43. The number of rotatable bonds is 4. The maximum Gasteiger partial charge on any atom is 0.340 e. The Balaban J connectivity index is 2.19. The van der Waals surface area contributed by atoms with Gasteiger partial charge in [-0.15, -0.1) is 0 Å². The van der Waals surface area contributed by atoms with E-state index in [4.69, 9.17) is 15.2 Å². The van der Waals surface area contributed by atoms with Crippen LogP contribution in [0.3, 0.4) is 0 Å². The quantitative estimate of drug-likeness (QED) is 0.643. The summed E-state index contributed by atoms with van der Waals surface area (Å²) in [7, 11) is 3.07. The molecule has 0 aromatic heterocycles. The van der Waals surface area contributed by atoms with Gasteiger partial charge in [-0.05, 0) is 31.4 Å².